The molecule has 0 fully saturated rings. The molecule has 0 spiro atoms. The van der Waals surface area contributed by atoms with E-state index in [1.165, 1.54) is 120 Å². The van der Waals surface area contributed by atoms with E-state index in [-0.39, 0.29) is 0 Å². The van der Waals surface area contributed by atoms with Gasteiger partial charge in [0.25, 0.3) is 0 Å². The SMILES string of the molecule is C1CC[N+]2=C(CCCC2)NC1.CO.Cc1ccc(CN2CCCC[N+]3=C2CCCC3)cc1. The van der Waals surface area contributed by atoms with Gasteiger partial charge in [-0.3, -0.25) is 19.4 Å². The molecule has 4 heterocycles. The first kappa shape index (κ1) is 24.8. The summed E-state index contributed by atoms with van der Waals surface area (Å²) in [7, 11) is 1.00. The van der Waals surface area contributed by atoms with Gasteiger partial charge in [-0.1, -0.05) is 29.8 Å². The Balaban J connectivity index is 0.000000189. The summed E-state index contributed by atoms with van der Waals surface area (Å²) in [4.78, 5) is 2.64. The van der Waals surface area contributed by atoms with Crippen molar-refractivity contribution < 1.29 is 14.3 Å². The quantitative estimate of drug-likeness (QED) is 0.686. The van der Waals surface area contributed by atoms with Gasteiger partial charge in [0.1, 0.15) is 6.54 Å². The van der Waals surface area contributed by atoms with Crippen molar-refractivity contribution in [1.82, 2.24) is 10.2 Å². The highest BCUT2D eigenvalue weighted by molar-refractivity contribution is 5.78. The molecule has 4 aliphatic rings. The fourth-order valence-corrected chi connectivity index (χ4v) is 5.29. The predicted molar refractivity (Wildman–Crippen MR) is 134 cm³/mol. The van der Waals surface area contributed by atoms with E-state index in [1.54, 1.807) is 5.84 Å². The first-order valence-corrected chi connectivity index (χ1v) is 13.0. The maximum Gasteiger partial charge on any atom is 0.247 e. The second-order valence-corrected chi connectivity index (χ2v) is 9.50. The zero-order valence-electron chi connectivity index (χ0n) is 20.6. The Morgan fingerprint density at radius 3 is 2.16 bits per heavy atom. The van der Waals surface area contributed by atoms with Crippen LogP contribution in [0.25, 0.3) is 0 Å². The third-order valence-corrected chi connectivity index (χ3v) is 7.07. The molecule has 0 saturated carbocycles. The lowest BCUT2D eigenvalue weighted by Gasteiger charge is -2.23. The van der Waals surface area contributed by atoms with Gasteiger partial charge in [0.2, 0.25) is 11.7 Å². The van der Waals surface area contributed by atoms with Crippen LogP contribution in [0.3, 0.4) is 0 Å². The van der Waals surface area contributed by atoms with Gasteiger partial charge in [0.05, 0.1) is 39.3 Å². The van der Waals surface area contributed by atoms with Crippen molar-refractivity contribution in [2.24, 2.45) is 0 Å². The lowest BCUT2D eigenvalue weighted by Crippen LogP contribution is -2.39. The Morgan fingerprint density at radius 2 is 1.41 bits per heavy atom. The minimum Gasteiger partial charge on any atom is -0.400 e. The number of aliphatic hydroxyl groups excluding tert-OH is 1. The van der Waals surface area contributed by atoms with Gasteiger partial charge >= 0.3 is 0 Å². The molecule has 178 valence electrons. The normalized spacial score (nSPS) is 20.9. The van der Waals surface area contributed by atoms with Gasteiger partial charge in [-0.05, 0) is 63.9 Å². The van der Waals surface area contributed by atoms with Crippen LogP contribution in [-0.4, -0.2) is 77.2 Å². The number of benzene rings is 1. The number of aliphatic hydroxyl groups is 1. The molecule has 1 aromatic rings. The molecular weight excluding hydrogens is 396 g/mol. The molecule has 0 radical (unpaired) electrons. The highest BCUT2D eigenvalue weighted by Crippen LogP contribution is 2.17. The summed E-state index contributed by atoms with van der Waals surface area (Å²) < 4.78 is 5.18. The minimum atomic E-state index is 1.00. The Bertz CT molecular complexity index is 735. The number of rotatable bonds is 2. The van der Waals surface area contributed by atoms with Gasteiger partial charge in [-0.25, -0.2) is 0 Å². The number of nitrogens with zero attached hydrogens (tertiary/aromatic N) is 3. The van der Waals surface area contributed by atoms with Crippen LogP contribution >= 0.6 is 0 Å². The fourth-order valence-electron chi connectivity index (χ4n) is 5.29. The minimum absolute atomic E-state index is 1.00. The van der Waals surface area contributed by atoms with Crippen LogP contribution < -0.4 is 5.32 Å². The Morgan fingerprint density at radius 1 is 0.781 bits per heavy atom. The van der Waals surface area contributed by atoms with Crippen LogP contribution in [0.4, 0.5) is 0 Å². The van der Waals surface area contributed by atoms with Crippen molar-refractivity contribution in [1.29, 1.82) is 0 Å². The van der Waals surface area contributed by atoms with E-state index in [4.69, 9.17) is 5.11 Å². The average Bonchev–Trinajstić information content (AvgIpc) is 3.21. The summed E-state index contributed by atoms with van der Waals surface area (Å²) in [6.45, 7) is 10.8. The molecule has 0 bridgehead atoms. The molecule has 4 aliphatic heterocycles. The molecule has 0 aromatic heterocycles. The van der Waals surface area contributed by atoms with Gasteiger partial charge < -0.3 is 5.11 Å². The lowest BCUT2D eigenvalue weighted by molar-refractivity contribution is -0.537. The van der Waals surface area contributed by atoms with Crippen LogP contribution in [-0.2, 0) is 6.54 Å². The summed E-state index contributed by atoms with van der Waals surface area (Å²) in [6, 6.07) is 9.04. The van der Waals surface area contributed by atoms with Crippen LogP contribution in [0.5, 0.6) is 0 Å². The smallest absolute Gasteiger partial charge is 0.247 e. The number of nitrogens with one attached hydrogen (secondary N) is 1. The summed E-state index contributed by atoms with van der Waals surface area (Å²) in [5.74, 6) is 3.14. The summed E-state index contributed by atoms with van der Waals surface area (Å²) in [5, 5.41) is 10.5. The molecule has 0 unspecified atom stereocenters. The molecule has 0 aliphatic carbocycles. The summed E-state index contributed by atoms with van der Waals surface area (Å²) in [6.07, 6.45) is 13.5. The highest BCUT2D eigenvalue weighted by Gasteiger charge is 2.27. The average molecular weight is 443 g/mol. The van der Waals surface area contributed by atoms with Crippen molar-refractivity contribution in [3.8, 4) is 0 Å². The monoisotopic (exact) mass is 442 g/mol. The predicted octanol–water partition coefficient (Wildman–Crippen LogP) is 3.76. The second-order valence-electron chi connectivity index (χ2n) is 9.50. The van der Waals surface area contributed by atoms with Crippen LogP contribution in [0.1, 0.15) is 75.3 Å². The third kappa shape index (κ3) is 7.33. The maximum atomic E-state index is 7.00. The molecule has 5 rings (SSSR count). The van der Waals surface area contributed by atoms with Crippen molar-refractivity contribution >= 4 is 11.7 Å². The topological polar surface area (TPSA) is 41.5 Å². The van der Waals surface area contributed by atoms with Gasteiger partial charge in [-0.15, -0.1) is 0 Å². The van der Waals surface area contributed by atoms with Crippen molar-refractivity contribution in [3.05, 3.63) is 35.4 Å². The summed E-state index contributed by atoms with van der Waals surface area (Å²) in [5.41, 5.74) is 2.80. The standard InChI is InChI=1S/C17H25N2.C9H16N2.CH4O/c1-15-7-9-16(10-8-15)14-19-13-5-4-12-18-11-3-2-6-17(18)19;1-3-7-11-8-4-2-6-10-9(11)5-1;1-2/h7-10H,2-6,11-14H2,1H3;1-8H2;2H,1H3/q+1;;/p+1. The molecule has 0 saturated heterocycles. The van der Waals surface area contributed by atoms with E-state index in [1.807, 2.05) is 0 Å². The molecule has 32 heavy (non-hydrogen) atoms. The largest absolute Gasteiger partial charge is 0.400 e. The zero-order valence-corrected chi connectivity index (χ0v) is 20.6. The first-order chi connectivity index (χ1) is 15.8. The van der Waals surface area contributed by atoms with Crippen molar-refractivity contribution in [2.75, 3.05) is 46.4 Å². The molecule has 5 nitrogen and oxygen atoms in total. The van der Waals surface area contributed by atoms with E-state index >= 15 is 0 Å². The van der Waals surface area contributed by atoms with Crippen LogP contribution in [0, 0.1) is 6.92 Å². The fraction of sp³-hybridized carbons (Fsp3) is 0.704. The molecule has 5 heteroatoms. The van der Waals surface area contributed by atoms with E-state index in [0.717, 1.165) is 13.7 Å². The number of aryl methyl sites for hydroxylation is 1. The van der Waals surface area contributed by atoms with Crippen molar-refractivity contribution in [2.45, 2.75) is 77.7 Å². The van der Waals surface area contributed by atoms with Gasteiger partial charge in [-0.2, -0.15) is 0 Å². The summed E-state index contributed by atoms with van der Waals surface area (Å²) >= 11 is 0. The van der Waals surface area contributed by atoms with Crippen molar-refractivity contribution in [3.63, 3.8) is 0 Å². The van der Waals surface area contributed by atoms with E-state index in [9.17, 15) is 0 Å². The number of amidine groups is 2. The molecule has 1 aromatic carbocycles. The zero-order chi connectivity index (χ0) is 22.6. The number of hydrogen-bond acceptors (Lipinski definition) is 3. The second kappa shape index (κ2) is 13.6. The maximum absolute atomic E-state index is 7.00. The van der Waals surface area contributed by atoms with E-state index in [0.29, 0.717) is 0 Å². The molecule has 2 N–H and O–H groups in total. The first-order valence-electron chi connectivity index (χ1n) is 13.0. The number of hydrogen-bond donors (Lipinski definition) is 2. The third-order valence-electron chi connectivity index (χ3n) is 7.07. The Hall–Kier alpha value is -1.88. The molecular formula is C27H46N4O+2. The van der Waals surface area contributed by atoms with Gasteiger partial charge in [0.15, 0.2) is 0 Å². The Kier molecular flexibility index (Phi) is 10.5. The van der Waals surface area contributed by atoms with Crippen LogP contribution in [0.15, 0.2) is 24.3 Å². The lowest BCUT2D eigenvalue weighted by atomic mass is 10.1. The Labute approximate surface area is 195 Å². The molecule has 0 atom stereocenters. The van der Waals surface area contributed by atoms with E-state index in [2.05, 4.69) is 50.6 Å². The highest BCUT2D eigenvalue weighted by atomic mass is 16.2. The van der Waals surface area contributed by atoms with Gasteiger partial charge in [0, 0.05) is 20.0 Å². The van der Waals surface area contributed by atoms with E-state index < -0.39 is 0 Å². The van der Waals surface area contributed by atoms with Crippen LogP contribution in [0.2, 0.25) is 0 Å². The molecule has 0 amide bonds.